The minimum absolute atomic E-state index is 0.125. The maximum atomic E-state index is 13.1. The number of benzene rings is 2. The Balaban J connectivity index is 1.16. The summed E-state index contributed by atoms with van der Waals surface area (Å²) in [5, 5.41) is 1.38. The van der Waals surface area contributed by atoms with Gasteiger partial charge in [0.25, 0.3) is 5.56 Å². The van der Waals surface area contributed by atoms with Crippen molar-refractivity contribution in [3.63, 3.8) is 0 Å². The predicted molar refractivity (Wildman–Crippen MR) is 135 cm³/mol. The van der Waals surface area contributed by atoms with Crippen LogP contribution in [-0.2, 0) is 17.8 Å². The topological polar surface area (TPSA) is 68.1 Å². The van der Waals surface area contributed by atoms with Crippen molar-refractivity contribution in [2.45, 2.75) is 45.6 Å². The van der Waals surface area contributed by atoms with Crippen molar-refractivity contribution in [1.29, 1.82) is 0 Å². The highest BCUT2D eigenvalue weighted by Crippen LogP contribution is 2.23. The molecular formula is C28H29FN4O2. The van der Waals surface area contributed by atoms with Crippen LogP contribution in [0.5, 0.6) is 0 Å². The molecule has 2 aromatic heterocycles. The van der Waals surface area contributed by atoms with Crippen molar-refractivity contribution < 1.29 is 9.18 Å². The average molecular weight is 473 g/mol. The van der Waals surface area contributed by atoms with Crippen LogP contribution in [0.1, 0.15) is 36.8 Å². The second kappa shape index (κ2) is 9.94. The van der Waals surface area contributed by atoms with Crippen LogP contribution >= 0.6 is 0 Å². The number of pyridine rings is 1. The van der Waals surface area contributed by atoms with Gasteiger partial charge in [0.1, 0.15) is 5.82 Å². The molecule has 3 heterocycles. The van der Waals surface area contributed by atoms with E-state index in [9.17, 15) is 14.0 Å². The fourth-order valence-electron chi connectivity index (χ4n) is 4.98. The van der Waals surface area contributed by atoms with Crippen LogP contribution in [-0.4, -0.2) is 38.4 Å². The Labute approximate surface area is 203 Å². The largest absolute Gasteiger partial charge is 0.343 e. The summed E-state index contributed by atoms with van der Waals surface area (Å²) in [4.78, 5) is 36.7. The molecule has 0 unspecified atom stereocenters. The molecule has 4 aromatic rings. The summed E-state index contributed by atoms with van der Waals surface area (Å²) >= 11 is 0. The van der Waals surface area contributed by atoms with Gasteiger partial charge in [0.2, 0.25) is 5.91 Å². The van der Waals surface area contributed by atoms with Crippen LogP contribution in [0.15, 0.2) is 59.8 Å². The quantitative estimate of drug-likeness (QED) is 0.383. The van der Waals surface area contributed by atoms with Gasteiger partial charge in [-0.3, -0.25) is 19.1 Å². The summed E-state index contributed by atoms with van der Waals surface area (Å²) in [6.45, 7) is 3.95. The SMILES string of the molecule is Cc1ccc2ncc3c(=O)n(CCCC(=O)N4CCC(Cc5ccc(F)cc5)CC4)cnc3c2c1. The molecule has 0 N–H and O–H groups in total. The maximum absolute atomic E-state index is 13.1. The van der Waals surface area contributed by atoms with Crippen molar-refractivity contribution >= 4 is 27.7 Å². The minimum Gasteiger partial charge on any atom is -0.343 e. The van der Waals surface area contributed by atoms with E-state index in [2.05, 4.69) is 9.97 Å². The molecule has 35 heavy (non-hydrogen) atoms. The van der Waals surface area contributed by atoms with Crippen LogP contribution in [0.2, 0.25) is 0 Å². The average Bonchev–Trinajstić information content (AvgIpc) is 2.87. The second-order valence-electron chi connectivity index (χ2n) is 9.54. The number of hydrogen-bond acceptors (Lipinski definition) is 4. The van der Waals surface area contributed by atoms with Gasteiger partial charge >= 0.3 is 0 Å². The number of halogens is 1. The van der Waals surface area contributed by atoms with Gasteiger partial charge in [-0.1, -0.05) is 23.8 Å². The van der Waals surface area contributed by atoms with Crippen LogP contribution in [0.4, 0.5) is 4.39 Å². The molecule has 7 heteroatoms. The number of hydrogen-bond donors (Lipinski definition) is 0. The number of fused-ring (bicyclic) bond motifs is 3. The zero-order chi connectivity index (χ0) is 24.4. The number of aromatic nitrogens is 3. The number of carbonyl (C=O) groups excluding carboxylic acids is 1. The van der Waals surface area contributed by atoms with Gasteiger partial charge < -0.3 is 4.90 Å². The van der Waals surface area contributed by atoms with Gasteiger partial charge in [0.15, 0.2) is 0 Å². The van der Waals surface area contributed by atoms with E-state index < -0.39 is 0 Å². The lowest BCUT2D eigenvalue weighted by Gasteiger charge is -2.32. The third-order valence-electron chi connectivity index (χ3n) is 7.01. The third-order valence-corrected chi connectivity index (χ3v) is 7.01. The van der Waals surface area contributed by atoms with Gasteiger partial charge in [-0.05, 0) is 68.4 Å². The van der Waals surface area contributed by atoms with E-state index in [0.717, 1.165) is 54.4 Å². The van der Waals surface area contributed by atoms with Crippen molar-refractivity contribution in [3.05, 3.63) is 82.3 Å². The molecule has 0 saturated carbocycles. The Morgan fingerprint density at radius 2 is 1.83 bits per heavy atom. The third kappa shape index (κ3) is 5.09. The number of carbonyl (C=O) groups is 1. The van der Waals surface area contributed by atoms with E-state index in [0.29, 0.717) is 36.2 Å². The number of amides is 1. The lowest BCUT2D eigenvalue weighted by Crippen LogP contribution is -2.39. The standard InChI is InChI=1S/C28H29FN4O2/c1-19-4-9-25-23(15-19)27-24(17-30-25)28(35)33(18-31-27)12-2-3-26(34)32-13-10-21(11-14-32)16-20-5-7-22(29)8-6-20/h4-9,15,17-18,21H,2-3,10-14,16H2,1H3. The zero-order valence-electron chi connectivity index (χ0n) is 19.9. The summed E-state index contributed by atoms with van der Waals surface area (Å²) < 4.78 is 14.7. The molecule has 0 atom stereocenters. The summed E-state index contributed by atoms with van der Waals surface area (Å²) in [5.74, 6) is 0.437. The molecule has 0 radical (unpaired) electrons. The van der Waals surface area contributed by atoms with Crippen molar-refractivity contribution in [1.82, 2.24) is 19.4 Å². The van der Waals surface area contributed by atoms with Crippen molar-refractivity contribution in [3.8, 4) is 0 Å². The molecule has 5 rings (SSSR count). The molecule has 0 bridgehead atoms. The zero-order valence-corrected chi connectivity index (χ0v) is 19.9. The lowest BCUT2D eigenvalue weighted by atomic mass is 9.90. The maximum Gasteiger partial charge on any atom is 0.262 e. The van der Waals surface area contributed by atoms with E-state index in [1.165, 1.54) is 12.1 Å². The van der Waals surface area contributed by atoms with E-state index in [-0.39, 0.29) is 17.3 Å². The van der Waals surface area contributed by atoms with Crippen molar-refractivity contribution in [2.75, 3.05) is 13.1 Å². The number of nitrogens with zero attached hydrogens (tertiary/aromatic N) is 4. The molecule has 1 aliphatic heterocycles. The van der Waals surface area contributed by atoms with Gasteiger partial charge in [-0.25, -0.2) is 9.37 Å². The Morgan fingerprint density at radius 1 is 1.06 bits per heavy atom. The first kappa shape index (κ1) is 23.1. The van der Waals surface area contributed by atoms with Gasteiger partial charge in [0, 0.05) is 37.6 Å². The highest BCUT2D eigenvalue weighted by Gasteiger charge is 2.22. The highest BCUT2D eigenvalue weighted by molar-refractivity contribution is 6.02. The van der Waals surface area contributed by atoms with Gasteiger partial charge in [-0.2, -0.15) is 0 Å². The Kier molecular flexibility index (Phi) is 6.57. The molecule has 0 spiro atoms. The normalized spacial score (nSPS) is 14.6. The fourth-order valence-corrected chi connectivity index (χ4v) is 4.98. The van der Waals surface area contributed by atoms with E-state index >= 15 is 0 Å². The molecule has 6 nitrogen and oxygen atoms in total. The van der Waals surface area contributed by atoms with Gasteiger partial charge in [0.05, 0.1) is 22.7 Å². The minimum atomic E-state index is -0.212. The van der Waals surface area contributed by atoms with E-state index in [1.807, 2.05) is 42.2 Å². The summed E-state index contributed by atoms with van der Waals surface area (Å²) in [5.41, 5.74) is 3.60. The van der Waals surface area contributed by atoms with Crippen LogP contribution < -0.4 is 5.56 Å². The van der Waals surface area contributed by atoms with E-state index in [1.54, 1.807) is 17.1 Å². The number of aryl methyl sites for hydroxylation is 2. The van der Waals surface area contributed by atoms with Crippen molar-refractivity contribution in [2.24, 2.45) is 5.92 Å². The first-order valence-electron chi connectivity index (χ1n) is 12.2. The number of piperidine rings is 1. The number of likely N-dealkylation sites (tertiary alicyclic amines) is 1. The first-order chi connectivity index (χ1) is 17.0. The molecule has 1 amide bonds. The predicted octanol–water partition coefficient (Wildman–Crippen LogP) is 4.65. The Morgan fingerprint density at radius 3 is 2.60 bits per heavy atom. The Bertz CT molecular complexity index is 1420. The molecule has 0 aliphatic carbocycles. The highest BCUT2D eigenvalue weighted by atomic mass is 19.1. The summed E-state index contributed by atoms with van der Waals surface area (Å²) in [6.07, 6.45) is 7.00. The Hall–Kier alpha value is -3.61. The monoisotopic (exact) mass is 472 g/mol. The summed E-state index contributed by atoms with van der Waals surface area (Å²) in [7, 11) is 0. The molecule has 180 valence electrons. The first-order valence-corrected chi connectivity index (χ1v) is 12.2. The lowest BCUT2D eigenvalue weighted by molar-refractivity contribution is -0.132. The molecule has 1 aliphatic rings. The molecule has 1 fully saturated rings. The van der Waals surface area contributed by atoms with Crippen LogP contribution in [0.3, 0.4) is 0 Å². The fraction of sp³-hybridized carbons (Fsp3) is 0.357. The van der Waals surface area contributed by atoms with E-state index in [4.69, 9.17) is 0 Å². The summed E-state index contributed by atoms with van der Waals surface area (Å²) in [6, 6.07) is 12.6. The van der Waals surface area contributed by atoms with Crippen LogP contribution in [0.25, 0.3) is 21.8 Å². The number of rotatable bonds is 6. The second-order valence-corrected chi connectivity index (χ2v) is 9.54. The van der Waals surface area contributed by atoms with Gasteiger partial charge in [-0.15, -0.1) is 0 Å². The smallest absolute Gasteiger partial charge is 0.262 e. The molecule has 1 saturated heterocycles. The van der Waals surface area contributed by atoms with Crippen LogP contribution in [0, 0.1) is 18.7 Å². The molecular weight excluding hydrogens is 443 g/mol. The molecule has 2 aromatic carbocycles.